The lowest BCUT2D eigenvalue weighted by Gasteiger charge is -2.29. The molecule has 0 radical (unpaired) electrons. The summed E-state index contributed by atoms with van der Waals surface area (Å²) in [6.07, 6.45) is -1.64. The van der Waals surface area contributed by atoms with Gasteiger partial charge >= 0.3 is 18.2 Å². The number of benzene rings is 2. The molecular formula is C32H43N3O7. The average Bonchev–Trinajstić information content (AvgIpc) is 3.21. The molecule has 0 saturated carbocycles. The summed E-state index contributed by atoms with van der Waals surface area (Å²) in [7, 11) is 2.97. The number of nitrogens with one attached hydrogen (secondary N) is 1. The molecule has 0 bridgehead atoms. The third-order valence-electron chi connectivity index (χ3n) is 6.63. The molecule has 0 spiro atoms. The highest BCUT2D eigenvalue weighted by atomic mass is 16.6. The molecule has 2 aromatic rings. The normalized spacial score (nSPS) is 13.3. The third-order valence-corrected chi connectivity index (χ3v) is 6.63. The second-order valence-corrected chi connectivity index (χ2v) is 12.4. The van der Waals surface area contributed by atoms with E-state index >= 15 is 0 Å². The number of carbonyl (C=O) groups is 4. The highest BCUT2D eigenvalue weighted by molar-refractivity contribution is 5.89. The molecule has 10 heteroatoms. The standard InChI is InChI=1S/C32H43N3O7/c1-31(2,3)41-27(36)19-26(28(37)33-17-18-34(7)29(38)42-32(4,5)6)35(8)30(39)40-20-25-23-15-11-9-13-21(23)22-14-10-12-16-24(22)25/h9-16,25-26H,17-20H2,1-8H3,(H,33,37)/t26-/m0/s1. The van der Waals surface area contributed by atoms with Crippen LogP contribution in [0.5, 0.6) is 0 Å². The van der Waals surface area contributed by atoms with Gasteiger partial charge in [-0.1, -0.05) is 48.5 Å². The van der Waals surface area contributed by atoms with Crippen molar-refractivity contribution < 1.29 is 33.4 Å². The Morgan fingerprint density at radius 1 is 0.810 bits per heavy atom. The van der Waals surface area contributed by atoms with Crippen LogP contribution in [-0.4, -0.2) is 84.9 Å². The molecule has 2 aromatic carbocycles. The predicted octanol–water partition coefficient (Wildman–Crippen LogP) is 4.95. The van der Waals surface area contributed by atoms with Gasteiger partial charge in [-0.15, -0.1) is 0 Å². The highest BCUT2D eigenvalue weighted by Crippen LogP contribution is 2.44. The van der Waals surface area contributed by atoms with Crippen LogP contribution in [0.15, 0.2) is 48.5 Å². The van der Waals surface area contributed by atoms with E-state index in [1.807, 2.05) is 48.5 Å². The maximum absolute atomic E-state index is 13.3. The lowest BCUT2D eigenvalue weighted by Crippen LogP contribution is -2.50. The van der Waals surface area contributed by atoms with E-state index in [2.05, 4.69) is 5.32 Å². The van der Waals surface area contributed by atoms with Gasteiger partial charge in [0.15, 0.2) is 0 Å². The second kappa shape index (κ2) is 13.3. The number of fused-ring (bicyclic) bond motifs is 3. The van der Waals surface area contributed by atoms with Crippen molar-refractivity contribution in [1.82, 2.24) is 15.1 Å². The van der Waals surface area contributed by atoms with E-state index in [0.29, 0.717) is 0 Å². The molecule has 0 aliphatic heterocycles. The molecule has 3 amide bonds. The Morgan fingerprint density at radius 2 is 1.33 bits per heavy atom. The van der Waals surface area contributed by atoms with E-state index < -0.39 is 41.3 Å². The molecular weight excluding hydrogens is 538 g/mol. The molecule has 10 nitrogen and oxygen atoms in total. The van der Waals surface area contributed by atoms with Crippen LogP contribution in [0.1, 0.15) is 65.0 Å². The van der Waals surface area contributed by atoms with E-state index in [4.69, 9.17) is 14.2 Å². The summed E-state index contributed by atoms with van der Waals surface area (Å²) in [5.41, 5.74) is 2.90. The summed E-state index contributed by atoms with van der Waals surface area (Å²) >= 11 is 0. The Morgan fingerprint density at radius 3 is 1.86 bits per heavy atom. The quantitative estimate of drug-likeness (QED) is 0.329. The van der Waals surface area contributed by atoms with E-state index in [0.717, 1.165) is 27.2 Å². The third kappa shape index (κ3) is 8.71. The van der Waals surface area contributed by atoms with Crippen molar-refractivity contribution in [3.8, 4) is 11.1 Å². The van der Waals surface area contributed by atoms with Gasteiger partial charge in [0.05, 0.1) is 6.42 Å². The van der Waals surface area contributed by atoms with Crippen LogP contribution in [0.2, 0.25) is 0 Å². The van der Waals surface area contributed by atoms with Crippen molar-refractivity contribution in [2.24, 2.45) is 0 Å². The van der Waals surface area contributed by atoms with Crippen molar-refractivity contribution >= 4 is 24.1 Å². The minimum absolute atomic E-state index is 0.0681. The molecule has 1 atom stereocenters. The first-order valence-electron chi connectivity index (χ1n) is 14.1. The van der Waals surface area contributed by atoms with Gasteiger partial charge in [-0.05, 0) is 63.8 Å². The number of carbonyl (C=O) groups excluding carboxylic acids is 4. The summed E-state index contributed by atoms with van der Waals surface area (Å²) in [5.74, 6) is -1.36. The summed E-state index contributed by atoms with van der Waals surface area (Å²) in [6.45, 7) is 10.8. The van der Waals surface area contributed by atoms with Crippen molar-refractivity contribution in [2.75, 3.05) is 33.8 Å². The van der Waals surface area contributed by atoms with Gasteiger partial charge in [0.1, 0.15) is 23.9 Å². The number of ether oxygens (including phenoxy) is 3. The highest BCUT2D eigenvalue weighted by Gasteiger charge is 2.34. The van der Waals surface area contributed by atoms with Gasteiger partial charge in [-0.2, -0.15) is 0 Å². The zero-order valence-electron chi connectivity index (χ0n) is 25.9. The van der Waals surface area contributed by atoms with Crippen molar-refractivity contribution in [2.45, 2.75) is 71.1 Å². The SMILES string of the molecule is CN(CCNC(=O)[C@H](CC(=O)OC(C)(C)C)N(C)C(=O)OCC1c2ccccc2-c2ccccc21)C(=O)OC(C)(C)C. The van der Waals surface area contributed by atoms with Crippen molar-refractivity contribution in [3.05, 3.63) is 59.7 Å². The van der Waals surface area contributed by atoms with Crippen LogP contribution < -0.4 is 5.32 Å². The lowest BCUT2D eigenvalue weighted by molar-refractivity contribution is -0.157. The molecule has 1 aliphatic carbocycles. The zero-order valence-corrected chi connectivity index (χ0v) is 25.9. The van der Waals surface area contributed by atoms with E-state index in [1.54, 1.807) is 48.6 Å². The molecule has 0 aromatic heterocycles. The monoisotopic (exact) mass is 581 g/mol. The fraction of sp³-hybridized carbons (Fsp3) is 0.500. The Bertz CT molecular complexity index is 1250. The second-order valence-electron chi connectivity index (χ2n) is 12.4. The van der Waals surface area contributed by atoms with Gasteiger partial charge in [0.25, 0.3) is 0 Å². The molecule has 0 unspecified atom stereocenters. The molecule has 1 aliphatic rings. The van der Waals surface area contributed by atoms with Gasteiger partial charge in [-0.3, -0.25) is 14.5 Å². The molecule has 0 heterocycles. The van der Waals surface area contributed by atoms with Crippen LogP contribution in [0.25, 0.3) is 11.1 Å². The number of esters is 1. The maximum atomic E-state index is 13.3. The van der Waals surface area contributed by atoms with Crippen LogP contribution in [0.4, 0.5) is 9.59 Å². The number of hydrogen-bond acceptors (Lipinski definition) is 7. The van der Waals surface area contributed by atoms with E-state index in [-0.39, 0.29) is 32.0 Å². The number of likely N-dealkylation sites (N-methyl/N-ethyl adjacent to an activating group) is 2. The Labute approximate surface area is 248 Å². The molecule has 0 fully saturated rings. The fourth-order valence-corrected chi connectivity index (χ4v) is 4.67. The summed E-state index contributed by atoms with van der Waals surface area (Å²) in [4.78, 5) is 53.9. The van der Waals surface area contributed by atoms with Crippen molar-refractivity contribution in [3.63, 3.8) is 0 Å². The molecule has 228 valence electrons. The maximum Gasteiger partial charge on any atom is 0.410 e. The number of rotatable bonds is 9. The summed E-state index contributed by atoms with van der Waals surface area (Å²) in [6, 6.07) is 14.8. The zero-order chi connectivity index (χ0) is 31.2. The largest absolute Gasteiger partial charge is 0.460 e. The molecule has 1 N–H and O–H groups in total. The molecule has 3 rings (SSSR count). The minimum Gasteiger partial charge on any atom is -0.460 e. The van der Waals surface area contributed by atoms with Crippen LogP contribution in [0, 0.1) is 0 Å². The Kier molecular flexibility index (Phi) is 10.2. The van der Waals surface area contributed by atoms with Crippen molar-refractivity contribution in [1.29, 1.82) is 0 Å². The van der Waals surface area contributed by atoms with Crippen LogP contribution in [-0.2, 0) is 23.8 Å². The first-order valence-corrected chi connectivity index (χ1v) is 14.1. The van der Waals surface area contributed by atoms with Crippen LogP contribution >= 0.6 is 0 Å². The minimum atomic E-state index is -1.19. The van der Waals surface area contributed by atoms with Gasteiger partial charge in [-0.25, -0.2) is 9.59 Å². The first kappa shape index (κ1) is 32.4. The smallest absolute Gasteiger partial charge is 0.410 e. The number of nitrogens with zero attached hydrogens (tertiary/aromatic N) is 2. The van der Waals surface area contributed by atoms with Crippen LogP contribution in [0.3, 0.4) is 0 Å². The number of hydrogen-bond donors (Lipinski definition) is 1. The Hall–Kier alpha value is -4.08. The topological polar surface area (TPSA) is 114 Å². The first-order chi connectivity index (χ1) is 19.6. The van der Waals surface area contributed by atoms with Gasteiger partial charge in [0.2, 0.25) is 5.91 Å². The van der Waals surface area contributed by atoms with Gasteiger partial charge < -0.3 is 24.4 Å². The lowest BCUT2D eigenvalue weighted by atomic mass is 9.98. The molecule has 0 saturated heterocycles. The Balaban J connectivity index is 1.68. The fourth-order valence-electron chi connectivity index (χ4n) is 4.67. The number of amides is 3. The van der Waals surface area contributed by atoms with E-state index in [1.165, 1.54) is 11.9 Å². The summed E-state index contributed by atoms with van der Waals surface area (Å²) < 4.78 is 16.5. The summed E-state index contributed by atoms with van der Waals surface area (Å²) in [5, 5.41) is 2.71. The predicted molar refractivity (Wildman–Crippen MR) is 159 cm³/mol. The van der Waals surface area contributed by atoms with Gasteiger partial charge in [0, 0.05) is 33.1 Å². The van der Waals surface area contributed by atoms with E-state index in [9.17, 15) is 19.2 Å². The average molecular weight is 582 g/mol. The molecule has 42 heavy (non-hydrogen) atoms.